The summed E-state index contributed by atoms with van der Waals surface area (Å²) in [6, 6.07) is 0. The van der Waals surface area contributed by atoms with Gasteiger partial charge >= 0.3 is 0 Å². The van der Waals surface area contributed by atoms with Gasteiger partial charge in [-0.25, -0.2) is 0 Å². The van der Waals surface area contributed by atoms with Crippen LogP contribution in [0.1, 0.15) is 6.42 Å². The van der Waals surface area contributed by atoms with Crippen molar-refractivity contribution in [3.05, 3.63) is 0 Å². The van der Waals surface area contributed by atoms with Gasteiger partial charge in [-0.1, -0.05) is 11.8 Å². The molecular formula is C10H16N2O2. The highest BCUT2D eigenvalue weighted by Gasteiger charge is 2.28. The standard InChI is InChI=1S/C10H16N2O2/c1-11(2)6-3-4-7-12-8-5-9(13)10(12)14/h9,13H,5-8H2,1-2H3. The molecule has 1 saturated heterocycles. The first-order valence-electron chi connectivity index (χ1n) is 4.68. The minimum Gasteiger partial charge on any atom is -0.383 e. The molecule has 1 unspecified atom stereocenters. The summed E-state index contributed by atoms with van der Waals surface area (Å²) in [7, 11) is 3.89. The molecule has 1 aliphatic heterocycles. The molecule has 1 aliphatic rings. The summed E-state index contributed by atoms with van der Waals surface area (Å²) in [5.74, 6) is 5.67. The molecular weight excluding hydrogens is 180 g/mol. The highest BCUT2D eigenvalue weighted by atomic mass is 16.3. The van der Waals surface area contributed by atoms with Crippen molar-refractivity contribution in [1.29, 1.82) is 0 Å². The number of hydrogen-bond acceptors (Lipinski definition) is 3. The average molecular weight is 196 g/mol. The summed E-state index contributed by atoms with van der Waals surface area (Å²) in [5.41, 5.74) is 0. The third-order valence-corrected chi connectivity index (χ3v) is 2.06. The molecule has 0 bridgehead atoms. The van der Waals surface area contributed by atoms with Crippen LogP contribution in [0.15, 0.2) is 0 Å². The lowest BCUT2D eigenvalue weighted by Gasteiger charge is -2.10. The number of likely N-dealkylation sites (tertiary alicyclic amines) is 1. The quantitative estimate of drug-likeness (QED) is 0.585. The zero-order valence-corrected chi connectivity index (χ0v) is 8.66. The molecule has 0 aliphatic carbocycles. The van der Waals surface area contributed by atoms with Crippen LogP contribution in [0.5, 0.6) is 0 Å². The van der Waals surface area contributed by atoms with Crippen molar-refractivity contribution in [2.45, 2.75) is 12.5 Å². The Morgan fingerprint density at radius 1 is 1.57 bits per heavy atom. The van der Waals surface area contributed by atoms with Crippen molar-refractivity contribution in [1.82, 2.24) is 9.80 Å². The fourth-order valence-electron chi connectivity index (χ4n) is 1.24. The summed E-state index contributed by atoms with van der Waals surface area (Å²) < 4.78 is 0. The molecule has 0 saturated carbocycles. The number of amides is 1. The third-order valence-electron chi connectivity index (χ3n) is 2.06. The number of hydrogen-bond donors (Lipinski definition) is 1. The van der Waals surface area contributed by atoms with Gasteiger partial charge < -0.3 is 10.0 Å². The van der Waals surface area contributed by atoms with Crippen molar-refractivity contribution in [3.8, 4) is 11.8 Å². The second kappa shape index (κ2) is 4.99. The van der Waals surface area contributed by atoms with E-state index in [2.05, 4.69) is 11.8 Å². The van der Waals surface area contributed by atoms with E-state index in [4.69, 9.17) is 5.11 Å². The van der Waals surface area contributed by atoms with Gasteiger partial charge in [0, 0.05) is 6.54 Å². The van der Waals surface area contributed by atoms with Crippen LogP contribution in [0.3, 0.4) is 0 Å². The monoisotopic (exact) mass is 196 g/mol. The first kappa shape index (κ1) is 11.0. The summed E-state index contributed by atoms with van der Waals surface area (Å²) in [5, 5.41) is 9.17. The van der Waals surface area contributed by atoms with Gasteiger partial charge in [-0.15, -0.1) is 0 Å². The van der Waals surface area contributed by atoms with Crippen LogP contribution >= 0.6 is 0 Å². The molecule has 14 heavy (non-hydrogen) atoms. The van der Waals surface area contributed by atoms with E-state index in [1.54, 1.807) is 4.90 Å². The molecule has 0 aromatic heterocycles. The van der Waals surface area contributed by atoms with Gasteiger partial charge in [-0.3, -0.25) is 9.69 Å². The average Bonchev–Trinajstić information content (AvgIpc) is 2.43. The normalized spacial score (nSPS) is 21.3. The Bertz CT molecular complexity index is 265. The van der Waals surface area contributed by atoms with Gasteiger partial charge in [-0.2, -0.15) is 0 Å². The molecule has 0 spiro atoms. The van der Waals surface area contributed by atoms with E-state index in [9.17, 15) is 4.79 Å². The Labute approximate surface area is 84.5 Å². The molecule has 1 atom stereocenters. The van der Waals surface area contributed by atoms with Crippen LogP contribution in [0.25, 0.3) is 0 Å². The number of rotatable bonds is 2. The molecule has 1 amide bonds. The van der Waals surface area contributed by atoms with Crippen molar-refractivity contribution < 1.29 is 9.90 Å². The van der Waals surface area contributed by atoms with Gasteiger partial charge in [0.15, 0.2) is 0 Å². The van der Waals surface area contributed by atoms with Crippen molar-refractivity contribution in [2.75, 3.05) is 33.7 Å². The summed E-state index contributed by atoms with van der Waals surface area (Å²) in [4.78, 5) is 14.8. The minimum atomic E-state index is -0.800. The lowest BCUT2D eigenvalue weighted by molar-refractivity contribution is -0.133. The van der Waals surface area contributed by atoms with Gasteiger partial charge in [0.05, 0.1) is 13.1 Å². The van der Waals surface area contributed by atoms with E-state index in [1.165, 1.54) is 0 Å². The van der Waals surface area contributed by atoms with Crippen LogP contribution in [-0.2, 0) is 4.79 Å². The Hall–Kier alpha value is -1.05. The summed E-state index contributed by atoms with van der Waals surface area (Å²) in [6.07, 6.45) is -0.264. The van der Waals surface area contributed by atoms with Crippen molar-refractivity contribution in [2.24, 2.45) is 0 Å². The smallest absolute Gasteiger partial charge is 0.252 e. The summed E-state index contributed by atoms with van der Waals surface area (Å²) >= 11 is 0. The Morgan fingerprint density at radius 3 is 2.79 bits per heavy atom. The SMILES string of the molecule is CN(C)CC#CCN1CCC(O)C1=O. The van der Waals surface area contributed by atoms with Crippen LogP contribution < -0.4 is 0 Å². The van der Waals surface area contributed by atoms with E-state index in [0.29, 0.717) is 26.1 Å². The van der Waals surface area contributed by atoms with Crippen LogP contribution in [0, 0.1) is 11.8 Å². The molecule has 1 fully saturated rings. The first-order valence-corrected chi connectivity index (χ1v) is 4.68. The minimum absolute atomic E-state index is 0.191. The van der Waals surface area contributed by atoms with E-state index in [1.807, 2.05) is 19.0 Å². The lowest BCUT2D eigenvalue weighted by atomic mass is 10.3. The maximum Gasteiger partial charge on any atom is 0.252 e. The maximum absolute atomic E-state index is 11.2. The Balaban J connectivity index is 2.31. The summed E-state index contributed by atoms with van der Waals surface area (Å²) in [6.45, 7) is 1.75. The predicted molar refractivity (Wildman–Crippen MR) is 53.5 cm³/mol. The maximum atomic E-state index is 11.2. The molecule has 0 radical (unpaired) electrons. The fourth-order valence-corrected chi connectivity index (χ4v) is 1.24. The second-order valence-electron chi connectivity index (χ2n) is 3.66. The second-order valence-corrected chi connectivity index (χ2v) is 3.66. The van der Waals surface area contributed by atoms with Gasteiger partial charge in [0.1, 0.15) is 6.10 Å². The zero-order chi connectivity index (χ0) is 10.6. The molecule has 4 heteroatoms. The zero-order valence-electron chi connectivity index (χ0n) is 8.66. The third kappa shape index (κ3) is 3.02. The topological polar surface area (TPSA) is 43.8 Å². The number of carbonyl (C=O) groups is 1. The lowest BCUT2D eigenvalue weighted by Crippen LogP contribution is -2.29. The molecule has 1 N–H and O–H groups in total. The molecule has 0 aromatic carbocycles. The largest absolute Gasteiger partial charge is 0.383 e. The van der Waals surface area contributed by atoms with Crippen molar-refractivity contribution in [3.63, 3.8) is 0 Å². The van der Waals surface area contributed by atoms with Gasteiger partial charge in [-0.05, 0) is 20.5 Å². The predicted octanol–water partition coefficient (Wildman–Crippen LogP) is -0.855. The van der Waals surface area contributed by atoms with Gasteiger partial charge in [0.25, 0.3) is 5.91 Å². The Morgan fingerprint density at radius 2 is 2.29 bits per heavy atom. The van der Waals surface area contributed by atoms with E-state index in [-0.39, 0.29) is 5.91 Å². The molecule has 0 aromatic rings. The first-order chi connectivity index (χ1) is 6.61. The number of carbonyl (C=O) groups excluding carboxylic acids is 1. The number of aliphatic hydroxyl groups is 1. The molecule has 1 rings (SSSR count). The number of nitrogens with zero attached hydrogens (tertiary/aromatic N) is 2. The van der Waals surface area contributed by atoms with E-state index >= 15 is 0 Å². The van der Waals surface area contributed by atoms with Gasteiger partial charge in [0.2, 0.25) is 0 Å². The van der Waals surface area contributed by atoms with Crippen LogP contribution in [0.2, 0.25) is 0 Å². The van der Waals surface area contributed by atoms with Crippen molar-refractivity contribution >= 4 is 5.91 Å². The number of aliphatic hydroxyl groups excluding tert-OH is 1. The van der Waals surface area contributed by atoms with E-state index in [0.717, 1.165) is 0 Å². The molecule has 4 nitrogen and oxygen atoms in total. The van der Waals surface area contributed by atoms with Crippen LogP contribution in [-0.4, -0.2) is 60.6 Å². The fraction of sp³-hybridized carbons (Fsp3) is 0.700. The molecule has 78 valence electrons. The van der Waals surface area contributed by atoms with Crippen LogP contribution in [0.4, 0.5) is 0 Å². The molecule has 1 heterocycles. The van der Waals surface area contributed by atoms with E-state index < -0.39 is 6.10 Å². The Kier molecular flexibility index (Phi) is 3.93. The highest BCUT2D eigenvalue weighted by Crippen LogP contribution is 2.09. The highest BCUT2D eigenvalue weighted by molar-refractivity contribution is 5.82.